The van der Waals surface area contributed by atoms with Gasteiger partial charge in [-0.1, -0.05) is 6.92 Å². The molecule has 0 aliphatic carbocycles. The van der Waals surface area contributed by atoms with E-state index in [9.17, 15) is 4.79 Å². The molecule has 1 aliphatic heterocycles. The molecule has 1 aromatic heterocycles. The summed E-state index contributed by atoms with van der Waals surface area (Å²) in [5.41, 5.74) is 0.413. The Labute approximate surface area is 88.9 Å². The van der Waals surface area contributed by atoms with Crippen molar-refractivity contribution in [3.63, 3.8) is 0 Å². The van der Waals surface area contributed by atoms with Gasteiger partial charge in [-0.3, -0.25) is 4.79 Å². The van der Waals surface area contributed by atoms with Crippen LogP contribution < -0.4 is 0 Å². The number of rotatable bonds is 1. The molecule has 2 heterocycles. The molecule has 15 heavy (non-hydrogen) atoms. The van der Waals surface area contributed by atoms with Crippen LogP contribution in [0.2, 0.25) is 0 Å². The normalized spacial score (nSPS) is 26.7. The van der Waals surface area contributed by atoms with Crippen LogP contribution in [-0.2, 0) is 0 Å². The van der Waals surface area contributed by atoms with Crippen molar-refractivity contribution in [1.82, 2.24) is 20.3 Å². The molecule has 1 amide bonds. The summed E-state index contributed by atoms with van der Waals surface area (Å²) in [6, 6.07) is 0.294. The van der Waals surface area contributed by atoms with Crippen molar-refractivity contribution in [3.05, 3.63) is 11.9 Å². The Morgan fingerprint density at radius 1 is 1.60 bits per heavy atom. The van der Waals surface area contributed by atoms with Gasteiger partial charge < -0.3 is 4.90 Å². The van der Waals surface area contributed by atoms with Gasteiger partial charge in [-0.15, -0.1) is 0 Å². The molecule has 82 valence electrons. The standard InChI is InChI=1S/C10H16N4O/c1-7-4-3-5-14(8(7)2)10(15)9-6-11-13-12-9/h6-8H,3-5H2,1-2H3,(H,11,12,13). The number of aromatic amines is 1. The van der Waals surface area contributed by atoms with Gasteiger partial charge in [0.15, 0.2) is 5.69 Å². The first-order chi connectivity index (χ1) is 7.20. The molecule has 1 saturated heterocycles. The Kier molecular flexibility index (Phi) is 2.70. The van der Waals surface area contributed by atoms with Gasteiger partial charge >= 0.3 is 0 Å². The lowest BCUT2D eigenvalue weighted by Crippen LogP contribution is -2.46. The molecule has 2 rings (SSSR count). The summed E-state index contributed by atoms with van der Waals surface area (Å²) in [6.07, 6.45) is 3.76. The van der Waals surface area contributed by atoms with E-state index in [0.717, 1.165) is 13.0 Å². The summed E-state index contributed by atoms with van der Waals surface area (Å²) >= 11 is 0. The van der Waals surface area contributed by atoms with Crippen LogP contribution in [0.25, 0.3) is 0 Å². The fourth-order valence-electron chi connectivity index (χ4n) is 2.07. The van der Waals surface area contributed by atoms with Crippen molar-refractivity contribution >= 4 is 5.91 Å². The highest BCUT2D eigenvalue weighted by atomic mass is 16.2. The predicted octanol–water partition coefficient (Wildman–Crippen LogP) is 1.07. The number of likely N-dealkylation sites (tertiary alicyclic amines) is 1. The lowest BCUT2D eigenvalue weighted by Gasteiger charge is -2.37. The third kappa shape index (κ3) is 1.86. The largest absolute Gasteiger partial charge is 0.334 e. The maximum Gasteiger partial charge on any atom is 0.276 e. The van der Waals surface area contributed by atoms with Gasteiger partial charge in [-0.2, -0.15) is 15.4 Å². The molecule has 0 bridgehead atoms. The molecule has 0 spiro atoms. The molecule has 2 unspecified atom stereocenters. The van der Waals surface area contributed by atoms with Gasteiger partial charge in [0.2, 0.25) is 0 Å². The minimum absolute atomic E-state index is 0.0113. The van der Waals surface area contributed by atoms with Gasteiger partial charge in [-0.25, -0.2) is 0 Å². The third-order valence-electron chi connectivity index (χ3n) is 3.27. The zero-order chi connectivity index (χ0) is 10.8. The molecule has 1 fully saturated rings. The number of piperidine rings is 1. The van der Waals surface area contributed by atoms with Crippen molar-refractivity contribution < 1.29 is 4.79 Å². The topological polar surface area (TPSA) is 61.9 Å². The first-order valence-corrected chi connectivity index (χ1v) is 5.37. The summed E-state index contributed by atoms with van der Waals surface area (Å²) < 4.78 is 0. The molecule has 5 nitrogen and oxygen atoms in total. The smallest absolute Gasteiger partial charge is 0.276 e. The number of aromatic nitrogens is 3. The average molecular weight is 208 g/mol. The van der Waals surface area contributed by atoms with E-state index in [2.05, 4.69) is 29.3 Å². The quantitative estimate of drug-likeness (QED) is 0.750. The van der Waals surface area contributed by atoms with Crippen molar-refractivity contribution in [1.29, 1.82) is 0 Å². The maximum atomic E-state index is 12.0. The lowest BCUT2D eigenvalue weighted by atomic mass is 9.92. The van der Waals surface area contributed by atoms with Crippen molar-refractivity contribution in [2.24, 2.45) is 5.92 Å². The molecule has 0 radical (unpaired) electrons. The second kappa shape index (κ2) is 4.00. The number of nitrogens with zero attached hydrogens (tertiary/aromatic N) is 3. The van der Waals surface area contributed by atoms with E-state index in [1.165, 1.54) is 12.6 Å². The number of amides is 1. The van der Waals surface area contributed by atoms with Crippen molar-refractivity contribution in [3.8, 4) is 0 Å². The Morgan fingerprint density at radius 3 is 3.07 bits per heavy atom. The molecule has 2 atom stereocenters. The van der Waals surface area contributed by atoms with E-state index < -0.39 is 0 Å². The number of nitrogens with one attached hydrogen (secondary N) is 1. The molecule has 0 saturated carbocycles. The Hall–Kier alpha value is -1.39. The highest BCUT2D eigenvalue weighted by molar-refractivity contribution is 5.92. The molecule has 1 N–H and O–H groups in total. The minimum Gasteiger partial charge on any atom is -0.334 e. The van der Waals surface area contributed by atoms with Crippen LogP contribution in [-0.4, -0.2) is 38.8 Å². The lowest BCUT2D eigenvalue weighted by molar-refractivity contribution is 0.0545. The van der Waals surface area contributed by atoms with Crippen molar-refractivity contribution in [2.75, 3.05) is 6.54 Å². The molecule has 1 aromatic rings. The van der Waals surface area contributed by atoms with Gasteiger partial charge in [0.25, 0.3) is 5.91 Å². The number of hydrogen-bond acceptors (Lipinski definition) is 3. The number of H-pyrrole nitrogens is 1. The van der Waals surface area contributed by atoms with Gasteiger partial charge in [-0.05, 0) is 25.7 Å². The summed E-state index contributed by atoms with van der Waals surface area (Å²) in [5, 5.41) is 9.95. The number of carbonyl (C=O) groups is 1. The fraction of sp³-hybridized carbons (Fsp3) is 0.700. The number of carbonyl (C=O) groups excluding carboxylic acids is 1. The van der Waals surface area contributed by atoms with E-state index in [1.807, 2.05) is 4.90 Å². The van der Waals surface area contributed by atoms with Crippen LogP contribution in [0.5, 0.6) is 0 Å². The van der Waals surface area contributed by atoms with Crippen LogP contribution in [0.15, 0.2) is 6.20 Å². The second-order valence-corrected chi connectivity index (χ2v) is 4.21. The maximum absolute atomic E-state index is 12.0. The van der Waals surface area contributed by atoms with Crippen LogP contribution in [0.4, 0.5) is 0 Å². The molecular weight excluding hydrogens is 192 g/mol. The summed E-state index contributed by atoms with van der Waals surface area (Å²) in [7, 11) is 0. The van der Waals surface area contributed by atoms with E-state index >= 15 is 0 Å². The Morgan fingerprint density at radius 2 is 2.40 bits per heavy atom. The van der Waals surface area contributed by atoms with Gasteiger partial charge in [0.05, 0.1) is 6.20 Å². The SMILES string of the molecule is CC1CCCN(C(=O)c2cn[nH]n2)C1C. The summed E-state index contributed by atoms with van der Waals surface area (Å²) in [4.78, 5) is 13.9. The van der Waals surface area contributed by atoms with Crippen LogP contribution >= 0.6 is 0 Å². The average Bonchev–Trinajstić information content (AvgIpc) is 2.74. The van der Waals surface area contributed by atoms with Crippen LogP contribution in [0, 0.1) is 5.92 Å². The predicted molar refractivity (Wildman–Crippen MR) is 55.3 cm³/mol. The zero-order valence-electron chi connectivity index (χ0n) is 9.10. The molecule has 5 heteroatoms. The van der Waals surface area contributed by atoms with Gasteiger partial charge in [0.1, 0.15) is 0 Å². The highest BCUT2D eigenvalue weighted by Gasteiger charge is 2.29. The van der Waals surface area contributed by atoms with Gasteiger partial charge in [0, 0.05) is 12.6 Å². The minimum atomic E-state index is -0.0113. The van der Waals surface area contributed by atoms with E-state index in [1.54, 1.807) is 0 Å². The number of hydrogen-bond donors (Lipinski definition) is 1. The fourth-order valence-corrected chi connectivity index (χ4v) is 2.07. The monoisotopic (exact) mass is 208 g/mol. The second-order valence-electron chi connectivity index (χ2n) is 4.21. The Bertz CT molecular complexity index is 335. The molecule has 1 aliphatic rings. The van der Waals surface area contributed by atoms with Crippen molar-refractivity contribution in [2.45, 2.75) is 32.7 Å². The highest BCUT2D eigenvalue weighted by Crippen LogP contribution is 2.23. The van der Waals surface area contributed by atoms with Crippen LogP contribution in [0.3, 0.4) is 0 Å². The molecule has 0 aromatic carbocycles. The molecular formula is C10H16N4O. The first-order valence-electron chi connectivity index (χ1n) is 5.37. The van der Waals surface area contributed by atoms with Crippen LogP contribution in [0.1, 0.15) is 37.2 Å². The summed E-state index contributed by atoms with van der Waals surface area (Å²) in [6.45, 7) is 5.12. The zero-order valence-corrected chi connectivity index (χ0v) is 9.10. The van der Waals surface area contributed by atoms with E-state index in [4.69, 9.17) is 0 Å². The Balaban J connectivity index is 2.13. The summed E-state index contributed by atoms with van der Waals surface area (Å²) in [5.74, 6) is 0.553. The van der Waals surface area contributed by atoms with E-state index in [0.29, 0.717) is 17.7 Å². The first kappa shape index (κ1) is 10.1. The van der Waals surface area contributed by atoms with E-state index in [-0.39, 0.29) is 5.91 Å². The third-order valence-corrected chi connectivity index (χ3v) is 3.27.